The molecule has 1 atom stereocenters. The molecule has 0 heterocycles. The molecule has 2 aliphatic carbocycles. The Kier molecular flexibility index (Phi) is 5.36. The van der Waals surface area contributed by atoms with Gasteiger partial charge >= 0.3 is 0 Å². The summed E-state index contributed by atoms with van der Waals surface area (Å²) < 4.78 is 0. The van der Waals surface area contributed by atoms with Gasteiger partial charge in [-0.1, -0.05) is 43.5 Å². The molecule has 0 aromatic heterocycles. The Balaban J connectivity index is 1.50. The van der Waals surface area contributed by atoms with E-state index >= 15 is 0 Å². The summed E-state index contributed by atoms with van der Waals surface area (Å²) in [4.78, 5) is 38.1. The summed E-state index contributed by atoms with van der Waals surface area (Å²) in [7, 11) is 0. The summed E-state index contributed by atoms with van der Waals surface area (Å²) in [6.07, 6.45) is 6.14. The quantitative estimate of drug-likeness (QED) is 0.688. The van der Waals surface area contributed by atoms with E-state index in [1.165, 1.54) is 32.1 Å². The van der Waals surface area contributed by atoms with Crippen molar-refractivity contribution < 1.29 is 14.4 Å². The molecule has 0 saturated heterocycles. The van der Waals surface area contributed by atoms with Crippen LogP contribution < -0.4 is 5.32 Å². The summed E-state index contributed by atoms with van der Waals surface area (Å²) in [6, 6.07) is 11.8. The molecule has 0 unspecified atom stereocenters. The standard InChI is InChI=1S/C23H23NO3S/c1-14(28-16-7-3-2-4-8-16)23(27)24-15-11-12-19-20(13-15)22(26)18-10-6-5-9-17(18)21(19)25/h5-6,9-14,16H,2-4,7-8H2,1H3,(H,24,27)/t14-/m1/s1. The summed E-state index contributed by atoms with van der Waals surface area (Å²) in [5, 5.41) is 3.31. The van der Waals surface area contributed by atoms with Crippen LogP contribution in [0.15, 0.2) is 42.5 Å². The Morgan fingerprint density at radius 1 is 0.929 bits per heavy atom. The molecular formula is C23H23NO3S. The van der Waals surface area contributed by atoms with Crippen LogP contribution in [0.4, 0.5) is 5.69 Å². The van der Waals surface area contributed by atoms with Crippen molar-refractivity contribution in [1.29, 1.82) is 0 Å². The Hall–Kier alpha value is -2.40. The topological polar surface area (TPSA) is 63.2 Å². The third-order valence-electron chi connectivity index (χ3n) is 5.51. The lowest BCUT2D eigenvalue weighted by atomic mass is 9.84. The van der Waals surface area contributed by atoms with Crippen molar-refractivity contribution in [2.45, 2.75) is 49.5 Å². The van der Waals surface area contributed by atoms with E-state index in [1.807, 2.05) is 6.92 Å². The minimum Gasteiger partial charge on any atom is -0.325 e. The maximum atomic E-state index is 12.8. The van der Waals surface area contributed by atoms with Crippen molar-refractivity contribution in [3.8, 4) is 0 Å². The van der Waals surface area contributed by atoms with Crippen molar-refractivity contribution in [3.63, 3.8) is 0 Å². The zero-order valence-corrected chi connectivity index (χ0v) is 16.7. The summed E-state index contributed by atoms with van der Waals surface area (Å²) >= 11 is 1.74. The van der Waals surface area contributed by atoms with Crippen molar-refractivity contribution in [1.82, 2.24) is 0 Å². The van der Waals surface area contributed by atoms with Gasteiger partial charge in [-0.2, -0.15) is 0 Å². The van der Waals surface area contributed by atoms with Gasteiger partial charge in [0.1, 0.15) is 0 Å². The number of hydrogen-bond acceptors (Lipinski definition) is 4. The second kappa shape index (κ2) is 7.92. The highest BCUT2D eigenvalue weighted by Crippen LogP contribution is 2.32. The number of benzene rings is 2. The highest BCUT2D eigenvalue weighted by molar-refractivity contribution is 8.01. The van der Waals surface area contributed by atoms with E-state index in [2.05, 4.69) is 5.32 Å². The van der Waals surface area contributed by atoms with Gasteiger partial charge in [-0.15, -0.1) is 11.8 Å². The van der Waals surface area contributed by atoms with Crippen LogP contribution in [-0.4, -0.2) is 28.0 Å². The van der Waals surface area contributed by atoms with E-state index in [-0.39, 0.29) is 22.7 Å². The molecule has 0 spiro atoms. The largest absolute Gasteiger partial charge is 0.325 e. The molecule has 4 rings (SSSR count). The molecule has 1 amide bonds. The molecule has 1 fully saturated rings. The van der Waals surface area contributed by atoms with Crippen LogP contribution in [0.2, 0.25) is 0 Å². The predicted octanol–water partition coefficient (Wildman–Crippen LogP) is 4.85. The van der Waals surface area contributed by atoms with E-state index in [0.29, 0.717) is 33.2 Å². The average Bonchev–Trinajstić information content (AvgIpc) is 2.72. The lowest BCUT2D eigenvalue weighted by Gasteiger charge is -2.24. The average molecular weight is 394 g/mol. The number of fused-ring (bicyclic) bond motifs is 2. The lowest BCUT2D eigenvalue weighted by molar-refractivity contribution is -0.115. The monoisotopic (exact) mass is 393 g/mol. The highest BCUT2D eigenvalue weighted by atomic mass is 32.2. The van der Waals surface area contributed by atoms with E-state index < -0.39 is 0 Å². The fourth-order valence-corrected chi connectivity index (χ4v) is 5.34. The van der Waals surface area contributed by atoms with Crippen molar-refractivity contribution in [3.05, 3.63) is 64.7 Å². The van der Waals surface area contributed by atoms with Crippen LogP contribution in [0.25, 0.3) is 0 Å². The van der Waals surface area contributed by atoms with Gasteiger partial charge < -0.3 is 5.32 Å². The fourth-order valence-electron chi connectivity index (χ4n) is 3.97. The molecule has 4 nitrogen and oxygen atoms in total. The van der Waals surface area contributed by atoms with Crippen LogP contribution in [0, 0.1) is 0 Å². The Morgan fingerprint density at radius 3 is 2.21 bits per heavy atom. The number of carbonyl (C=O) groups is 3. The van der Waals surface area contributed by atoms with Crippen molar-refractivity contribution in [2.24, 2.45) is 0 Å². The first-order chi connectivity index (χ1) is 13.5. The van der Waals surface area contributed by atoms with Crippen LogP contribution in [0.1, 0.15) is 70.9 Å². The lowest BCUT2D eigenvalue weighted by Crippen LogP contribution is -2.26. The summed E-state index contributed by atoms with van der Waals surface area (Å²) in [6.45, 7) is 1.93. The summed E-state index contributed by atoms with van der Waals surface area (Å²) in [5.41, 5.74) is 2.17. The Labute approximate surface area is 169 Å². The second-order valence-electron chi connectivity index (χ2n) is 7.49. The van der Waals surface area contributed by atoms with Crippen LogP contribution in [0.5, 0.6) is 0 Å². The molecule has 2 aromatic carbocycles. The normalized spacial score (nSPS) is 17.6. The number of thioether (sulfide) groups is 1. The highest BCUT2D eigenvalue weighted by Gasteiger charge is 2.29. The number of ketones is 2. The molecule has 0 radical (unpaired) electrons. The first kappa shape index (κ1) is 18.9. The maximum Gasteiger partial charge on any atom is 0.237 e. The van der Waals surface area contributed by atoms with Gasteiger partial charge in [0.05, 0.1) is 5.25 Å². The molecule has 144 valence electrons. The Morgan fingerprint density at radius 2 is 1.54 bits per heavy atom. The molecule has 5 heteroatoms. The van der Waals surface area contributed by atoms with Gasteiger partial charge in [0.15, 0.2) is 11.6 Å². The molecule has 2 aromatic rings. The third kappa shape index (κ3) is 3.63. The fraction of sp³-hybridized carbons (Fsp3) is 0.348. The van der Waals surface area contributed by atoms with Crippen LogP contribution >= 0.6 is 11.8 Å². The second-order valence-corrected chi connectivity index (χ2v) is 9.14. The SMILES string of the molecule is C[C@@H](SC1CCCCC1)C(=O)Nc1ccc2c(c1)C(=O)c1ccccc1C2=O. The minimum absolute atomic E-state index is 0.0643. The number of amides is 1. The number of carbonyl (C=O) groups excluding carboxylic acids is 3. The van der Waals surface area contributed by atoms with Gasteiger partial charge in [-0.05, 0) is 38.0 Å². The predicted molar refractivity (Wildman–Crippen MR) is 112 cm³/mol. The van der Waals surface area contributed by atoms with Crippen molar-refractivity contribution in [2.75, 3.05) is 5.32 Å². The van der Waals surface area contributed by atoms with Gasteiger partial charge in [0.2, 0.25) is 5.91 Å². The molecule has 1 N–H and O–H groups in total. The van der Waals surface area contributed by atoms with E-state index in [4.69, 9.17) is 0 Å². The van der Waals surface area contributed by atoms with Crippen molar-refractivity contribution >= 4 is 34.9 Å². The molecule has 0 bridgehead atoms. The van der Waals surface area contributed by atoms with Gasteiger partial charge in [-0.25, -0.2) is 0 Å². The number of nitrogens with one attached hydrogen (secondary N) is 1. The molecule has 28 heavy (non-hydrogen) atoms. The zero-order valence-electron chi connectivity index (χ0n) is 15.9. The van der Waals surface area contributed by atoms with Crippen LogP contribution in [-0.2, 0) is 4.79 Å². The van der Waals surface area contributed by atoms with E-state index in [0.717, 1.165) is 0 Å². The number of hydrogen-bond donors (Lipinski definition) is 1. The zero-order chi connectivity index (χ0) is 19.7. The van der Waals surface area contributed by atoms with Gasteiger partial charge in [-0.3, -0.25) is 14.4 Å². The molecule has 0 aliphatic heterocycles. The molecular weight excluding hydrogens is 370 g/mol. The molecule has 2 aliphatic rings. The number of anilines is 1. The summed E-state index contributed by atoms with van der Waals surface area (Å²) in [5.74, 6) is -0.388. The first-order valence-electron chi connectivity index (χ1n) is 9.83. The van der Waals surface area contributed by atoms with Crippen LogP contribution in [0.3, 0.4) is 0 Å². The van der Waals surface area contributed by atoms with E-state index in [9.17, 15) is 14.4 Å². The van der Waals surface area contributed by atoms with E-state index in [1.54, 1.807) is 54.2 Å². The van der Waals surface area contributed by atoms with Gasteiger partial charge in [0.25, 0.3) is 0 Å². The Bertz CT molecular complexity index is 947. The first-order valence-corrected chi connectivity index (χ1v) is 10.8. The van der Waals surface area contributed by atoms with Gasteiger partial charge in [0, 0.05) is 33.2 Å². The third-order valence-corrected chi connectivity index (χ3v) is 6.99. The minimum atomic E-state index is -0.175. The smallest absolute Gasteiger partial charge is 0.237 e. The number of rotatable bonds is 4. The molecule has 1 saturated carbocycles. The maximum absolute atomic E-state index is 12.8.